The van der Waals surface area contributed by atoms with Gasteiger partial charge in [0.15, 0.2) is 5.13 Å². The van der Waals surface area contributed by atoms with Crippen molar-refractivity contribution in [1.29, 1.82) is 0 Å². The highest BCUT2D eigenvalue weighted by Crippen LogP contribution is 2.14. The molecule has 0 fully saturated rings. The fourth-order valence-corrected chi connectivity index (χ4v) is 2.26. The Kier molecular flexibility index (Phi) is 4.07. The van der Waals surface area contributed by atoms with Crippen LogP contribution in [0.2, 0.25) is 0 Å². The normalized spacial score (nSPS) is 12.1. The minimum absolute atomic E-state index is 0.201. The van der Waals surface area contributed by atoms with Crippen LogP contribution in [0.4, 0.5) is 5.13 Å². The van der Waals surface area contributed by atoms with Crippen LogP contribution in [0.25, 0.3) is 0 Å². The average Bonchev–Trinajstić information content (AvgIpc) is 2.76. The minimum Gasteiger partial charge on any atom is -0.320 e. The van der Waals surface area contributed by atoms with Gasteiger partial charge >= 0.3 is 0 Å². The van der Waals surface area contributed by atoms with Gasteiger partial charge in [-0.2, -0.15) is 0 Å². The lowest BCUT2D eigenvalue weighted by molar-refractivity contribution is -0.117. The van der Waals surface area contributed by atoms with Gasteiger partial charge in [-0.1, -0.05) is 30.3 Å². The second-order valence-corrected chi connectivity index (χ2v) is 4.94. The first-order valence-corrected chi connectivity index (χ1v) is 6.55. The van der Waals surface area contributed by atoms with E-state index in [9.17, 15) is 4.79 Å². The molecule has 1 heterocycles. The fraction of sp³-hybridized carbons (Fsp3) is 0.231. The van der Waals surface area contributed by atoms with E-state index >= 15 is 0 Å². The Morgan fingerprint density at radius 2 is 2.17 bits per heavy atom. The van der Waals surface area contributed by atoms with Crippen LogP contribution >= 0.6 is 11.3 Å². The van der Waals surface area contributed by atoms with Gasteiger partial charge in [0.05, 0.1) is 11.7 Å². The molecule has 1 aromatic heterocycles. The van der Waals surface area contributed by atoms with Crippen LogP contribution in [0.15, 0.2) is 35.7 Å². The molecule has 1 aromatic carbocycles. The van der Waals surface area contributed by atoms with Gasteiger partial charge in [0, 0.05) is 5.38 Å². The van der Waals surface area contributed by atoms with Crippen LogP contribution in [-0.4, -0.2) is 16.9 Å². The second kappa shape index (κ2) is 5.75. The zero-order chi connectivity index (χ0) is 13.0. The van der Waals surface area contributed by atoms with Gasteiger partial charge in [0.2, 0.25) is 5.91 Å². The molecule has 3 N–H and O–H groups in total. The summed E-state index contributed by atoms with van der Waals surface area (Å²) in [6.07, 6.45) is 0.525. The minimum atomic E-state index is -0.559. The zero-order valence-electron chi connectivity index (χ0n) is 10.1. The van der Waals surface area contributed by atoms with Crippen molar-refractivity contribution in [3.8, 4) is 0 Å². The van der Waals surface area contributed by atoms with E-state index in [-0.39, 0.29) is 5.91 Å². The van der Waals surface area contributed by atoms with Crippen molar-refractivity contribution in [2.45, 2.75) is 19.4 Å². The van der Waals surface area contributed by atoms with Crippen LogP contribution in [0.3, 0.4) is 0 Å². The zero-order valence-corrected chi connectivity index (χ0v) is 10.9. The van der Waals surface area contributed by atoms with E-state index in [1.54, 1.807) is 0 Å². The number of carbonyl (C=O) groups is 1. The van der Waals surface area contributed by atoms with Gasteiger partial charge in [0.25, 0.3) is 0 Å². The Hall–Kier alpha value is -1.72. The number of nitrogens with two attached hydrogens (primary N) is 1. The molecule has 0 aliphatic carbocycles. The van der Waals surface area contributed by atoms with E-state index in [1.165, 1.54) is 11.3 Å². The number of thiazole rings is 1. The SMILES string of the molecule is Cc1csc(NC(=O)[C@@H](N)Cc2ccccc2)n1. The second-order valence-electron chi connectivity index (χ2n) is 4.08. The molecule has 0 radical (unpaired) electrons. The summed E-state index contributed by atoms with van der Waals surface area (Å²) in [6.45, 7) is 1.88. The first kappa shape index (κ1) is 12.7. The van der Waals surface area contributed by atoms with Crippen LogP contribution in [0, 0.1) is 6.92 Å². The van der Waals surface area contributed by atoms with Crippen LogP contribution in [0.1, 0.15) is 11.3 Å². The number of benzene rings is 1. The molecule has 0 unspecified atom stereocenters. The third kappa shape index (κ3) is 3.38. The Labute approximate surface area is 110 Å². The first-order chi connectivity index (χ1) is 8.65. The van der Waals surface area contributed by atoms with Crippen molar-refractivity contribution in [2.24, 2.45) is 5.73 Å². The van der Waals surface area contributed by atoms with Gasteiger partial charge in [-0.3, -0.25) is 4.79 Å². The van der Waals surface area contributed by atoms with Gasteiger partial charge in [0.1, 0.15) is 0 Å². The topological polar surface area (TPSA) is 68.0 Å². The number of nitrogens with zero attached hydrogens (tertiary/aromatic N) is 1. The maximum Gasteiger partial charge on any atom is 0.243 e. The third-order valence-electron chi connectivity index (χ3n) is 2.48. The number of amides is 1. The summed E-state index contributed by atoms with van der Waals surface area (Å²) in [7, 11) is 0. The number of hydrogen-bond donors (Lipinski definition) is 2. The number of rotatable bonds is 4. The number of aryl methyl sites for hydroxylation is 1. The third-order valence-corrected chi connectivity index (χ3v) is 3.36. The molecule has 2 aromatic rings. The van der Waals surface area contributed by atoms with Gasteiger partial charge in [-0.05, 0) is 18.9 Å². The van der Waals surface area contributed by atoms with Gasteiger partial charge < -0.3 is 11.1 Å². The predicted molar refractivity (Wildman–Crippen MR) is 73.6 cm³/mol. The number of anilines is 1. The molecule has 0 bridgehead atoms. The lowest BCUT2D eigenvalue weighted by atomic mass is 10.1. The van der Waals surface area contributed by atoms with E-state index in [0.717, 1.165) is 11.3 Å². The highest BCUT2D eigenvalue weighted by molar-refractivity contribution is 7.13. The summed E-state index contributed by atoms with van der Waals surface area (Å²) >= 11 is 1.40. The van der Waals surface area contributed by atoms with Crippen molar-refractivity contribution in [3.63, 3.8) is 0 Å². The Morgan fingerprint density at radius 1 is 1.44 bits per heavy atom. The molecule has 0 aliphatic heterocycles. The summed E-state index contributed by atoms with van der Waals surface area (Å²) in [5.41, 5.74) is 7.82. The van der Waals surface area contributed by atoms with Crippen molar-refractivity contribution < 1.29 is 4.79 Å². The summed E-state index contributed by atoms with van der Waals surface area (Å²) in [6, 6.07) is 9.17. The summed E-state index contributed by atoms with van der Waals surface area (Å²) < 4.78 is 0. The molecule has 5 heteroatoms. The first-order valence-electron chi connectivity index (χ1n) is 5.67. The van der Waals surface area contributed by atoms with E-state index in [0.29, 0.717) is 11.6 Å². The standard InChI is InChI=1S/C13H15N3OS/c1-9-8-18-13(15-9)16-12(17)11(14)7-10-5-3-2-4-6-10/h2-6,8,11H,7,14H2,1H3,(H,15,16,17)/t11-/m0/s1. The Bertz CT molecular complexity index is 524. The molecule has 18 heavy (non-hydrogen) atoms. The lowest BCUT2D eigenvalue weighted by Gasteiger charge is -2.10. The lowest BCUT2D eigenvalue weighted by Crippen LogP contribution is -2.37. The molecule has 0 aliphatic rings. The number of nitrogens with one attached hydrogen (secondary N) is 1. The Balaban J connectivity index is 1.93. The number of hydrogen-bond acceptors (Lipinski definition) is 4. The molecule has 2 rings (SSSR count). The predicted octanol–water partition coefficient (Wildman–Crippen LogP) is 1.96. The summed E-state index contributed by atoms with van der Waals surface area (Å²) in [4.78, 5) is 16.0. The summed E-state index contributed by atoms with van der Waals surface area (Å²) in [5.74, 6) is -0.201. The molecule has 0 saturated carbocycles. The summed E-state index contributed by atoms with van der Waals surface area (Å²) in [5, 5.41) is 5.21. The van der Waals surface area contributed by atoms with Crippen molar-refractivity contribution in [2.75, 3.05) is 5.32 Å². The van der Waals surface area contributed by atoms with Gasteiger partial charge in [-0.25, -0.2) is 4.98 Å². The molecular weight excluding hydrogens is 246 g/mol. The average molecular weight is 261 g/mol. The fourth-order valence-electron chi connectivity index (χ4n) is 1.57. The number of aromatic nitrogens is 1. The molecule has 0 spiro atoms. The molecule has 1 atom stereocenters. The maximum absolute atomic E-state index is 11.9. The largest absolute Gasteiger partial charge is 0.320 e. The molecule has 0 saturated heterocycles. The quantitative estimate of drug-likeness (QED) is 0.884. The monoisotopic (exact) mass is 261 g/mol. The maximum atomic E-state index is 11.9. The molecule has 4 nitrogen and oxygen atoms in total. The highest BCUT2D eigenvalue weighted by Gasteiger charge is 2.15. The van der Waals surface area contributed by atoms with E-state index in [1.807, 2.05) is 42.6 Å². The van der Waals surface area contributed by atoms with E-state index in [2.05, 4.69) is 10.3 Å². The van der Waals surface area contributed by atoms with Crippen LogP contribution in [0.5, 0.6) is 0 Å². The van der Waals surface area contributed by atoms with Crippen LogP contribution in [-0.2, 0) is 11.2 Å². The molecule has 94 valence electrons. The van der Waals surface area contributed by atoms with Crippen LogP contribution < -0.4 is 11.1 Å². The van der Waals surface area contributed by atoms with Crippen molar-refractivity contribution >= 4 is 22.4 Å². The van der Waals surface area contributed by atoms with E-state index < -0.39 is 6.04 Å². The molecule has 1 amide bonds. The smallest absolute Gasteiger partial charge is 0.243 e. The number of carbonyl (C=O) groups excluding carboxylic acids is 1. The van der Waals surface area contributed by atoms with Crippen molar-refractivity contribution in [3.05, 3.63) is 47.0 Å². The highest BCUT2D eigenvalue weighted by atomic mass is 32.1. The van der Waals surface area contributed by atoms with E-state index in [4.69, 9.17) is 5.73 Å². The van der Waals surface area contributed by atoms with Crippen molar-refractivity contribution in [1.82, 2.24) is 4.98 Å². The Morgan fingerprint density at radius 3 is 2.78 bits per heavy atom. The van der Waals surface area contributed by atoms with Gasteiger partial charge in [-0.15, -0.1) is 11.3 Å². The molecular formula is C13H15N3OS.